The molecule has 9 heteroatoms. The van der Waals surface area contributed by atoms with E-state index in [0.29, 0.717) is 18.5 Å². The number of amides is 2. The largest absolute Gasteiger partial charge is 0.368 e. The van der Waals surface area contributed by atoms with Crippen molar-refractivity contribution in [1.29, 1.82) is 0 Å². The van der Waals surface area contributed by atoms with Gasteiger partial charge in [0.1, 0.15) is 11.4 Å². The van der Waals surface area contributed by atoms with Gasteiger partial charge >= 0.3 is 0 Å². The number of hydrogen-bond acceptors (Lipinski definition) is 6. The van der Waals surface area contributed by atoms with E-state index in [1.807, 2.05) is 15.0 Å². The van der Waals surface area contributed by atoms with Crippen LogP contribution in [0.15, 0.2) is 17.8 Å². The number of thiazole rings is 1. The minimum absolute atomic E-state index is 0.0351. The van der Waals surface area contributed by atoms with Crippen LogP contribution < -0.4 is 10.6 Å². The number of rotatable bonds is 6. The minimum Gasteiger partial charge on any atom is -0.368 e. The van der Waals surface area contributed by atoms with Gasteiger partial charge < -0.3 is 15.5 Å². The van der Waals surface area contributed by atoms with Gasteiger partial charge in [0.05, 0.1) is 29.3 Å². The Hall–Kier alpha value is -2.42. The SMILES string of the molecule is O=C(CCCc1nccs1)NC1CCN(C(=O)c2cnn3c2NCC3)C12CCCC2. The van der Waals surface area contributed by atoms with Crippen LogP contribution in [0.25, 0.3) is 0 Å². The maximum Gasteiger partial charge on any atom is 0.259 e. The fourth-order valence-electron chi connectivity index (χ4n) is 5.42. The molecule has 1 aliphatic carbocycles. The lowest BCUT2D eigenvalue weighted by atomic mass is 9.88. The van der Waals surface area contributed by atoms with Crippen molar-refractivity contribution >= 4 is 29.0 Å². The van der Waals surface area contributed by atoms with Crippen molar-refractivity contribution in [3.63, 3.8) is 0 Å². The van der Waals surface area contributed by atoms with Crippen molar-refractivity contribution in [2.45, 2.75) is 69.5 Å². The van der Waals surface area contributed by atoms with E-state index in [-0.39, 0.29) is 23.4 Å². The molecular weight excluding hydrogens is 400 g/mol. The molecule has 2 fully saturated rings. The number of aryl methyl sites for hydroxylation is 1. The first-order valence-corrected chi connectivity index (χ1v) is 11.8. The summed E-state index contributed by atoms with van der Waals surface area (Å²) in [6, 6.07) is 0.0351. The lowest BCUT2D eigenvalue weighted by molar-refractivity contribution is -0.122. The Bertz CT molecular complexity index is 918. The molecule has 5 rings (SSSR count). The van der Waals surface area contributed by atoms with Gasteiger partial charge in [0, 0.05) is 31.1 Å². The van der Waals surface area contributed by atoms with Gasteiger partial charge in [-0.2, -0.15) is 5.10 Å². The van der Waals surface area contributed by atoms with Crippen LogP contribution in [0.1, 0.15) is 60.3 Å². The van der Waals surface area contributed by atoms with Gasteiger partial charge in [-0.1, -0.05) is 12.8 Å². The molecule has 2 aliphatic heterocycles. The summed E-state index contributed by atoms with van der Waals surface area (Å²) in [7, 11) is 0. The molecule has 0 radical (unpaired) electrons. The van der Waals surface area contributed by atoms with Crippen molar-refractivity contribution in [3.05, 3.63) is 28.3 Å². The molecule has 1 saturated carbocycles. The van der Waals surface area contributed by atoms with E-state index in [0.717, 1.165) is 68.9 Å². The number of hydrogen-bond donors (Lipinski definition) is 2. The molecule has 30 heavy (non-hydrogen) atoms. The molecule has 1 saturated heterocycles. The molecule has 1 spiro atoms. The van der Waals surface area contributed by atoms with E-state index >= 15 is 0 Å². The van der Waals surface area contributed by atoms with E-state index in [2.05, 4.69) is 20.7 Å². The molecule has 0 bridgehead atoms. The average molecular weight is 429 g/mol. The van der Waals surface area contributed by atoms with Crippen LogP contribution in [0.5, 0.6) is 0 Å². The molecular formula is C21H28N6O2S. The second kappa shape index (κ2) is 8.02. The number of anilines is 1. The minimum atomic E-state index is -0.254. The van der Waals surface area contributed by atoms with Crippen LogP contribution in [0.3, 0.4) is 0 Å². The lowest BCUT2D eigenvalue weighted by Gasteiger charge is -2.39. The number of nitrogens with one attached hydrogen (secondary N) is 2. The van der Waals surface area contributed by atoms with Gasteiger partial charge in [-0.05, 0) is 32.1 Å². The topological polar surface area (TPSA) is 92.2 Å². The zero-order valence-corrected chi connectivity index (χ0v) is 17.9. The number of carbonyl (C=O) groups excluding carboxylic acids is 2. The number of carbonyl (C=O) groups is 2. The van der Waals surface area contributed by atoms with E-state index in [1.54, 1.807) is 23.7 Å². The third-order valence-corrected chi connectivity index (χ3v) is 7.68. The molecule has 3 aliphatic rings. The highest BCUT2D eigenvalue weighted by Crippen LogP contribution is 2.44. The summed E-state index contributed by atoms with van der Waals surface area (Å²) in [6.07, 6.45) is 10.6. The Labute approximate surface area is 180 Å². The molecule has 2 amide bonds. The molecule has 2 N–H and O–H groups in total. The van der Waals surface area contributed by atoms with E-state index in [9.17, 15) is 9.59 Å². The van der Waals surface area contributed by atoms with Crippen LogP contribution in [-0.4, -0.2) is 56.1 Å². The summed E-state index contributed by atoms with van der Waals surface area (Å²) in [5.41, 5.74) is 0.407. The Kier molecular flexibility index (Phi) is 5.22. The summed E-state index contributed by atoms with van der Waals surface area (Å²) in [5, 5.41) is 14.0. The average Bonchev–Trinajstić information content (AvgIpc) is 3.54. The molecule has 160 valence electrons. The van der Waals surface area contributed by atoms with E-state index in [4.69, 9.17) is 0 Å². The summed E-state index contributed by atoms with van der Waals surface area (Å²) in [4.78, 5) is 32.5. The third kappa shape index (κ3) is 3.38. The van der Waals surface area contributed by atoms with Crippen LogP contribution in [0, 0.1) is 0 Å². The number of fused-ring (bicyclic) bond motifs is 1. The maximum absolute atomic E-state index is 13.5. The van der Waals surface area contributed by atoms with Crippen molar-refractivity contribution in [3.8, 4) is 0 Å². The smallest absolute Gasteiger partial charge is 0.259 e. The number of likely N-dealkylation sites (tertiary alicyclic amines) is 1. The van der Waals surface area contributed by atoms with Crippen molar-refractivity contribution in [2.24, 2.45) is 0 Å². The van der Waals surface area contributed by atoms with Crippen molar-refractivity contribution in [2.75, 3.05) is 18.4 Å². The molecule has 2 aromatic heterocycles. The predicted molar refractivity (Wildman–Crippen MR) is 115 cm³/mol. The predicted octanol–water partition coefficient (Wildman–Crippen LogP) is 2.43. The standard InChI is InChI=1S/C21H28N6O2S/c28-17(4-3-5-18-22-10-13-30-18)25-16-6-11-26(21(16)7-1-2-8-21)20(29)15-14-24-27-12-9-23-19(15)27/h10,13-14,16,23H,1-9,11-12H2,(H,25,28). The third-order valence-electron chi connectivity index (χ3n) is 6.84. The van der Waals surface area contributed by atoms with E-state index in [1.165, 1.54) is 0 Å². The Balaban J connectivity index is 1.26. The Morgan fingerprint density at radius 3 is 2.97 bits per heavy atom. The van der Waals surface area contributed by atoms with Gasteiger partial charge in [0.25, 0.3) is 5.91 Å². The van der Waals surface area contributed by atoms with Gasteiger partial charge in [0.2, 0.25) is 5.91 Å². The molecule has 1 atom stereocenters. The van der Waals surface area contributed by atoms with Crippen molar-refractivity contribution in [1.82, 2.24) is 25.0 Å². The Morgan fingerprint density at radius 1 is 1.30 bits per heavy atom. The number of aromatic nitrogens is 3. The van der Waals surface area contributed by atoms with Crippen LogP contribution >= 0.6 is 11.3 Å². The molecule has 2 aromatic rings. The van der Waals surface area contributed by atoms with Gasteiger partial charge in [-0.3, -0.25) is 9.59 Å². The van der Waals surface area contributed by atoms with E-state index < -0.39 is 0 Å². The van der Waals surface area contributed by atoms with Gasteiger partial charge in [-0.15, -0.1) is 11.3 Å². The van der Waals surface area contributed by atoms with Crippen LogP contribution in [-0.2, 0) is 17.8 Å². The first-order chi connectivity index (χ1) is 14.7. The molecule has 8 nitrogen and oxygen atoms in total. The summed E-state index contributed by atoms with van der Waals surface area (Å²) < 4.78 is 1.87. The van der Waals surface area contributed by atoms with Gasteiger partial charge in [0.15, 0.2) is 0 Å². The first kappa shape index (κ1) is 19.5. The van der Waals surface area contributed by atoms with Gasteiger partial charge in [-0.25, -0.2) is 9.67 Å². The van der Waals surface area contributed by atoms with Crippen molar-refractivity contribution < 1.29 is 9.59 Å². The molecule has 1 unspecified atom stereocenters. The highest BCUT2D eigenvalue weighted by atomic mass is 32.1. The fourth-order valence-corrected chi connectivity index (χ4v) is 6.08. The second-order valence-electron chi connectivity index (χ2n) is 8.51. The quantitative estimate of drug-likeness (QED) is 0.737. The maximum atomic E-state index is 13.5. The second-order valence-corrected chi connectivity index (χ2v) is 9.49. The molecule has 0 aromatic carbocycles. The summed E-state index contributed by atoms with van der Waals surface area (Å²) in [6.45, 7) is 2.30. The highest BCUT2D eigenvalue weighted by molar-refractivity contribution is 7.09. The summed E-state index contributed by atoms with van der Waals surface area (Å²) in [5.74, 6) is 0.973. The van der Waals surface area contributed by atoms with Crippen LogP contribution in [0.4, 0.5) is 5.82 Å². The lowest BCUT2D eigenvalue weighted by Crippen LogP contribution is -2.56. The summed E-state index contributed by atoms with van der Waals surface area (Å²) >= 11 is 1.63. The zero-order chi connectivity index (χ0) is 20.6. The van der Waals surface area contributed by atoms with Crippen LogP contribution in [0.2, 0.25) is 0 Å². The zero-order valence-electron chi connectivity index (χ0n) is 17.1. The highest BCUT2D eigenvalue weighted by Gasteiger charge is 2.53. The Morgan fingerprint density at radius 2 is 2.17 bits per heavy atom. The molecule has 4 heterocycles. The number of nitrogens with zero attached hydrogens (tertiary/aromatic N) is 4. The fraction of sp³-hybridized carbons (Fsp3) is 0.619. The monoisotopic (exact) mass is 428 g/mol. The normalized spacial score (nSPS) is 21.7. The first-order valence-electron chi connectivity index (χ1n) is 11.0.